The van der Waals surface area contributed by atoms with Crippen LogP contribution in [0.3, 0.4) is 0 Å². The molecule has 0 aromatic heterocycles. The van der Waals surface area contributed by atoms with Gasteiger partial charge in [-0.3, -0.25) is 19.4 Å². The number of hydrazine groups is 2. The fourth-order valence-corrected chi connectivity index (χ4v) is 5.31. The van der Waals surface area contributed by atoms with Crippen molar-refractivity contribution in [1.29, 1.82) is 0 Å². The van der Waals surface area contributed by atoms with Crippen molar-refractivity contribution in [2.45, 2.75) is 32.9 Å². The van der Waals surface area contributed by atoms with Crippen molar-refractivity contribution in [2.24, 2.45) is 5.84 Å². The molecular weight excluding hydrogens is 671 g/mol. The van der Waals surface area contributed by atoms with Crippen LogP contribution in [0.2, 0.25) is 5.02 Å². The molecule has 1 heterocycles. The predicted octanol–water partition coefficient (Wildman–Crippen LogP) is 4.11. The summed E-state index contributed by atoms with van der Waals surface area (Å²) in [6.07, 6.45) is -1.08. The normalized spacial score (nSPS) is 13.5. The van der Waals surface area contributed by atoms with Gasteiger partial charge in [-0.1, -0.05) is 49.5 Å². The zero-order valence-electron chi connectivity index (χ0n) is 27.8. The van der Waals surface area contributed by atoms with Crippen LogP contribution < -0.4 is 32.0 Å². The molecule has 7 N–H and O–H groups in total. The summed E-state index contributed by atoms with van der Waals surface area (Å²) in [7, 11) is 3.60. The molecule has 48 heavy (non-hydrogen) atoms. The van der Waals surface area contributed by atoms with E-state index in [1.54, 1.807) is 29.0 Å². The van der Waals surface area contributed by atoms with Crippen molar-refractivity contribution in [1.82, 2.24) is 31.0 Å². The van der Waals surface area contributed by atoms with Crippen LogP contribution in [0.25, 0.3) is 0 Å². The number of nitrogens with one attached hydrogen (secondary N) is 5. The summed E-state index contributed by atoms with van der Waals surface area (Å²) in [5.41, 5.74) is 6.71. The van der Waals surface area contributed by atoms with Crippen LogP contribution in [0.5, 0.6) is 0 Å². The maximum atomic E-state index is 13.6. The Morgan fingerprint density at radius 3 is 2.17 bits per heavy atom. The van der Waals surface area contributed by atoms with Crippen molar-refractivity contribution < 1.29 is 27.6 Å². The summed E-state index contributed by atoms with van der Waals surface area (Å²) in [6, 6.07) is 9.73. The molecule has 266 valence electrons. The topological polar surface area (TPSA) is 147 Å². The predicted molar refractivity (Wildman–Crippen MR) is 186 cm³/mol. The van der Waals surface area contributed by atoms with Gasteiger partial charge in [-0.25, -0.2) is 11.3 Å². The second-order valence-corrected chi connectivity index (χ2v) is 11.5. The fraction of sp³-hybridized carbons (Fsp3) is 0.452. The molecule has 1 fully saturated rings. The lowest BCUT2D eigenvalue weighted by atomic mass is 10.1. The van der Waals surface area contributed by atoms with Crippen molar-refractivity contribution in [2.75, 3.05) is 69.7 Å². The van der Waals surface area contributed by atoms with E-state index in [4.69, 9.17) is 17.4 Å². The lowest BCUT2D eigenvalue weighted by Gasteiger charge is -2.38. The molecule has 3 amide bonds. The Balaban J connectivity index is 0.00000149. The number of anilines is 2. The molecule has 3 rings (SSSR count). The number of hydrogen-bond acceptors (Lipinski definition) is 10. The fourth-order valence-electron chi connectivity index (χ4n) is 4.69. The third-order valence-corrected chi connectivity index (χ3v) is 7.75. The summed E-state index contributed by atoms with van der Waals surface area (Å²) < 4.78 is 41.9. The summed E-state index contributed by atoms with van der Waals surface area (Å²) in [6.45, 7) is 5.82. The van der Waals surface area contributed by atoms with Gasteiger partial charge >= 0.3 is 6.18 Å². The highest BCUT2D eigenvalue weighted by molar-refractivity contribution is 7.99. The first kappa shape index (κ1) is 40.5. The van der Waals surface area contributed by atoms with Crippen LogP contribution in [0, 0.1) is 0 Å². The van der Waals surface area contributed by atoms with E-state index in [0.29, 0.717) is 55.6 Å². The minimum absolute atomic E-state index is 0.0579. The Hall–Kier alpha value is -3.70. The van der Waals surface area contributed by atoms with Gasteiger partial charge in [-0.2, -0.15) is 13.2 Å². The van der Waals surface area contributed by atoms with E-state index in [-0.39, 0.29) is 22.3 Å². The second-order valence-electron chi connectivity index (χ2n) is 10.5. The maximum Gasteiger partial charge on any atom is 0.416 e. The Morgan fingerprint density at radius 2 is 1.65 bits per heavy atom. The summed E-state index contributed by atoms with van der Waals surface area (Å²) >= 11 is 7.32. The molecule has 2 aromatic carbocycles. The molecule has 0 aliphatic carbocycles. The number of rotatable bonds is 13. The number of carbonyl (C=O) groups is 3. The number of alkyl halides is 3. The number of nitrogens with two attached hydrogens (primary N) is 1. The van der Waals surface area contributed by atoms with E-state index in [1.165, 1.54) is 18.4 Å². The van der Waals surface area contributed by atoms with E-state index in [0.717, 1.165) is 23.7 Å². The Kier molecular flexibility index (Phi) is 16.8. The van der Waals surface area contributed by atoms with Crippen LogP contribution in [-0.4, -0.2) is 92.1 Å². The van der Waals surface area contributed by atoms with Crippen molar-refractivity contribution >= 4 is 52.6 Å². The largest absolute Gasteiger partial charge is 0.416 e. The van der Waals surface area contributed by atoms with E-state index in [2.05, 4.69) is 33.1 Å². The van der Waals surface area contributed by atoms with Crippen LogP contribution >= 0.6 is 23.5 Å². The van der Waals surface area contributed by atoms with Crippen molar-refractivity contribution in [3.63, 3.8) is 0 Å². The van der Waals surface area contributed by atoms with Crippen LogP contribution in [0.1, 0.15) is 42.6 Å². The highest BCUT2D eigenvalue weighted by Crippen LogP contribution is 2.33. The summed E-state index contributed by atoms with van der Waals surface area (Å²) in [4.78, 5) is 43.1. The number of piperazine rings is 1. The first-order valence-electron chi connectivity index (χ1n) is 15.3. The van der Waals surface area contributed by atoms with E-state index < -0.39 is 30.1 Å². The molecule has 0 bridgehead atoms. The van der Waals surface area contributed by atoms with Gasteiger partial charge in [0.05, 0.1) is 33.2 Å². The van der Waals surface area contributed by atoms with Crippen molar-refractivity contribution in [3.8, 4) is 0 Å². The Morgan fingerprint density at radius 1 is 1.00 bits per heavy atom. The van der Waals surface area contributed by atoms with Crippen LogP contribution in [0.15, 0.2) is 53.9 Å². The zero-order chi connectivity index (χ0) is 35.9. The molecule has 0 atom stereocenters. The second kappa shape index (κ2) is 20.0. The number of para-hydroxylation sites is 1. The average Bonchev–Trinajstić information content (AvgIpc) is 3.06. The van der Waals surface area contributed by atoms with E-state index in [1.807, 2.05) is 32.4 Å². The average molecular weight is 716 g/mol. The van der Waals surface area contributed by atoms with Crippen molar-refractivity contribution in [3.05, 3.63) is 70.0 Å². The highest BCUT2D eigenvalue weighted by Gasteiger charge is 2.32. The standard InChI is InChI=1S/C27H34ClF3N8O3S.C4H11N/c1-4-20(35-33-2)24(37-11-13-38(14-12-37)25(41)18-7-5-6-8-21(18)36-43-3)26(42)39(32)16-23(40)34-22-10-9-17(15-19(22)28)27(29,30)31;1-3-4-5-2/h5-10,15,33,35-36H,4,11-14,16,32H2,1-3H3,(H,34,40);5H,3-4H2,1-2H3/b24-20+;. The van der Waals surface area contributed by atoms with Crippen LogP contribution in [-0.2, 0) is 15.8 Å². The van der Waals surface area contributed by atoms with Gasteiger partial charge in [0.1, 0.15) is 12.2 Å². The molecule has 0 radical (unpaired) electrons. The lowest BCUT2D eigenvalue weighted by molar-refractivity contribution is -0.137. The third kappa shape index (κ3) is 11.8. The summed E-state index contributed by atoms with van der Waals surface area (Å²) in [5.74, 6) is 4.48. The van der Waals surface area contributed by atoms with E-state index >= 15 is 0 Å². The van der Waals surface area contributed by atoms with Gasteiger partial charge in [0.15, 0.2) is 0 Å². The smallest absolute Gasteiger partial charge is 0.362 e. The third-order valence-electron chi connectivity index (χ3n) is 7.02. The zero-order valence-corrected chi connectivity index (χ0v) is 29.3. The highest BCUT2D eigenvalue weighted by atomic mass is 35.5. The Bertz CT molecular complexity index is 1400. The number of carbonyl (C=O) groups excluding carboxylic acids is 3. The van der Waals surface area contributed by atoms with Gasteiger partial charge in [0.25, 0.3) is 11.8 Å². The first-order chi connectivity index (χ1) is 22.8. The molecule has 0 unspecified atom stereocenters. The van der Waals surface area contributed by atoms with Gasteiger partial charge in [0.2, 0.25) is 5.91 Å². The molecule has 0 saturated carbocycles. The van der Waals surface area contributed by atoms with Gasteiger partial charge in [-0.15, -0.1) is 0 Å². The summed E-state index contributed by atoms with van der Waals surface area (Å²) in [5, 5.41) is 5.81. The quantitative estimate of drug-likeness (QED) is 0.0589. The SMILES string of the molecule is CC/C(NNC)=C(/C(=O)N(N)CC(=O)Nc1ccc(C(F)(F)F)cc1Cl)N1CCN(C(=O)c2ccccc2NSC)CC1.CCCNC. The minimum atomic E-state index is -4.59. The molecule has 1 saturated heterocycles. The number of benzene rings is 2. The van der Waals surface area contributed by atoms with Crippen LogP contribution in [0.4, 0.5) is 24.5 Å². The number of allylic oxidation sites excluding steroid dienone is 1. The lowest BCUT2D eigenvalue weighted by Crippen LogP contribution is -2.53. The number of halogens is 4. The number of hydrogen-bond donors (Lipinski definition) is 6. The molecular formula is C31H45ClF3N9O3S. The van der Waals surface area contributed by atoms with E-state index in [9.17, 15) is 27.6 Å². The van der Waals surface area contributed by atoms with Gasteiger partial charge < -0.3 is 30.6 Å². The number of nitrogens with zero attached hydrogens (tertiary/aromatic N) is 3. The maximum absolute atomic E-state index is 13.6. The molecule has 2 aromatic rings. The number of amides is 3. The minimum Gasteiger partial charge on any atom is -0.362 e. The van der Waals surface area contributed by atoms with Gasteiger partial charge in [0, 0.05) is 39.5 Å². The first-order valence-corrected chi connectivity index (χ1v) is 16.9. The molecule has 17 heteroatoms. The molecule has 12 nitrogen and oxygen atoms in total. The van der Waals surface area contributed by atoms with Gasteiger partial charge in [-0.05, 0) is 56.8 Å². The monoisotopic (exact) mass is 715 g/mol. The molecule has 1 aliphatic heterocycles. The molecule has 1 aliphatic rings. The molecule has 0 spiro atoms. The Labute approximate surface area is 289 Å².